The molecule has 12 nitrogen and oxygen atoms in total. The van der Waals surface area contributed by atoms with Gasteiger partial charge in [0.25, 0.3) is 0 Å². The van der Waals surface area contributed by atoms with Gasteiger partial charge in [0.1, 0.15) is 35.8 Å². The number of carbonyl (C=O) groups excluding carboxylic acids is 1. The van der Waals surface area contributed by atoms with Gasteiger partial charge in [-0.1, -0.05) is 5.21 Å². The molecule has 1 amide bonds. The molecule has 3 rings (SSSR count). The number of halogens is 2. The second-order valence-electron chi connectivity index (χ2n) is 7.70. The lowest BCUT2D eigenvalue weighted by molar-refractivity contribution is -0.283. The van der Waals surface area contributed by atoms with Gasteiger partial charge in [-0.25, -0.2) is 13.9 Å². The monoisotopic (exact) mass is 486 g/mol. The van der Waals surface area contributed by atoms with E-state index in [-0.39, 0.29) is 5.69 Å². The first kappa shape index (κ1) is 25.4. The summed E-state index contributed by atoms with van der Waals surface area (Å²) in [7, 11) is 1.48. The van der Waals surface area contributed by atoms with E-state index in [2.05, 4.69) is 15.6 Å². The molecule has 0 radical (unpaired) electrons. The molecule has 1 saturated heterocycles. The van der Waals surface area contributed by atoms with Crippen LogP contribution in [0.2, 0.25) is 0 Å². The largest absolute Gasteiger partial charge is 0.497 e. The van der Waals surface area contributed by atoms with Gasteiger partial charge in [-0.2, -0.15) is 4.39 Å². The number of carboxylic acids is 1. The van der Waals surface area contributed by atoms with E-state index in [0.717, 1.165) is 11.6 Å². The number of aliphatic hydroxyl groups is 3. The number of hydrogen-bond acceptors (Lipinski definition) is 9. The molecule has 0 aliphatic carbocycles. The van der Waals surface area contributed by atoms with Crippen molar-refractivity contribution in [1.82, 2.24) is 20.3 Å². The Bertz CT molecular complexity index is 1020. The van der Waals surface area contributed by atoms with Crippen LogP contribution in [0.15, 0.2) is 30.5 Å². The maximum absolute atomic E-state index is 15.4. The van der Waals surface area contributed by atoms with Gasteiger partial charge in [0, 0.05) is 12.5 Å². The van der Waals surface area contributed by atoms with Gasteiger partial charge in [-0.05, 0) is 24.3 Å². The molecule has 0 spiro atoms. The van der Waals surface area contributed by atoms with Crippen LogP contribution >= 0.6 is 0 Å². The molecular formula is C20H24F2N4O8. The van der Waals surface area contributed by atoms with Crippen molar-refractivity contribution in [3.63, 3.8) is 0 Å². The number of ether oxygens (including phenoxy) is 2. The molecule has 1 aromatic carbocycles. The van der Waals surface area contributed by atoms with Crippen molar-refractivity contribution >= 4 is 11.9 Å². The number of amides is 1. The number of aromatic nitrogens is 3. The second-order valence-corrected chi connectivity index (χ2v) is 7.70. The number of aliphatic hydroxyl groups excluding tert-OH is 3. The Balaban J connectivity index is 2.09. The number of methoxy groups -OCH3 is 1. The summed E-state index contributed by atoms with van der Waals surface area (Å²) >= 11 is 0. The molecule has 2 heterocycles. The van der Waals surface area contributed by atoms with Crippen LogP contribution in [0.25, 0.3) is 11.3 Å². The standard InChI is InChI=1S/C20H24F2N4O8/c1-9(28)23-14-15(26-7-12(24-25-26)10-3-5-11(33-2)6-4-10)18(21)20(22,19(31)32)34-17(14)16(30)13(29)8-27/h3-7,13-18,27,29-30H,8H2,1-2H3,(H,23,28)(H,31,32)/t13-,14-,15-,16-,17-,18?,20?/m1/s1. The number of carbonyl (C=O) groups is 2. The Labute approximate surface area is 191 Å². The molecule has 1 aliphatic heterocycles. The van der Waals surface area contributed by atoms with Crippen molar-refractivity contribution in [2.75, 3.05) is 13.7 Å². The van der Waals surface area contributed by atoms with Gasteiger partial charge in [0.15, 0.2) is 6.17 Å². The lowest BCUT2D eigenvalue weighted by atomic mass is 9.86. The first-order valence-corrected chi connectivity index (χ1v) is 10.1. The Morgan fingerprint density at radius 2 is 1.97 bits per heavy atom. The molecule has 2 unspecified atom stereocenters. The highest BCUT2D eigenvalue weighted by Gasteiger charge is 2.64. The van der Waals surface area contributed by atoms with Crippen molar-refractivity contribution in [3.05, 3.63) is 30.5 Å². The topological polar surface area (TPSA) is 176 Å². The summed E-state index contributed by atoms with van der Waals surface area (Å²) in [5, 5.41) is 48.8. The summed E-state index contributed by atoms with van der Waals surface area (Å²) in [6.45, 7) is 0.0453. The molecule has 1 aliphatic rings. The van der Waals surface area contributed by atoms with E-state index < -0.39 is 60.9 Å². The van der Waals surface area contributed by atoms with E-state index in [4.69, 9.17) is 9.47 Å². The van der Waals surface area contributed by atoms with E-state index >= 15 is 8.78 Å². The lowest BCUT2D eigenvalue weighted by Gasteiger charge is -2.46. The predicted molar refractivity (Wildman–Crippen MR) is 109 cm³/mol. The molecule has 14 heteroatoms. The van der Waals surface area contributed by atoms with Crippen molar-refractivity contribution < 1.29 is 48.3 Å². The Kier molecular flexibility index (Phi) is 7.45. The zero-order chi connectivity index (χ0) is 25.2. The van der Waals surface area contributed by atoms with E-state index in [1.165, 1.54) is 13.3 Å². The van der Waals surface area contributed by atoms with Gasteiger partial charge >= 0.3 is 11.8 Å². The van der Waals surface area contributed by atoms with Gasteiger partial charge in [0.05, 0.1) is 26.0 Å². The van der Waals surface area contributed by atoms with E-state index in [1.807, 2.05) is 0 Å². The number of aliphatic carboxylic acids is 1. The summed E-state index contributed by atoms with van der Waals surface area (Å²) in [5.41, 5.74) is 0.720. The highest BCUT2D eigenvalue weighted by Crippen LogP contribution is 2.41. The summed E-state index contributed by atoms with van der Waals surface area (Å²) < 4.78 is 41.4. The number of hydrogen-bond donors (Lipinski definition) is 5. The fraction of sp³-hybridized carbons (Fsp3) is 0.500. The van der Waals surface area contributed by atoms with Crippen LogP contribution in [-0.2, 0) is 14.3 Å². The molecule has 0 bridgehead atoms. The molecule has 1 fully saturated rings. The number of nitrogens with zero attached hydrogens (tertiary/aromatic N) is 3. The predicted octanol–water partition coefficient (Wildman–Crippen LogP) is -0.799. The van der Waals surface area contributed by atoms with Gasteiger partial charge in [0.2, 0.25) is 5.91 Å². The molecule has 0 saturated carbocycles. The smallest absolute Gasteiger partial charge is 0.372 e. The highest BCUT2D eigenvalue weighted by atomic mass is 19.2. The molecule has 34 heavy (non-hydrogen) atoms. The third-order valence-corrected chi connectivity index (χ3v) is 5.47. The molecule has 2 aromatic rings. The molecule has 5 N–H and O–H groups in total. The van der Waals surface area contributed by atoms with Crippen molar-refractivity contribution in [2.45, 2.75) is 49.3 Å². The van der Waals surface area contributed by atoms with Crippen LogP contribution in [0.5, 0.6) is 5.75 Å². The van der Waals surface area contributed by atoms with Crippen molar-refractivity contribution in [3.8, 4) is 17.0 Å². The lowest BCUT2D eigenvalue weighted by Crippen LogP contribution is -2.69. The number of carboxylic acid groups (broad SMARTS) is 1. The number of nitrogens with one attached hydrogen (secondary N) is 1. The minimum absolute atomic E-state index is 0.204. The van der Waals surface area contributed by atoms with Crippen LogP contribution < -0.4 is 10.1 Å². The van der Waals surface area contributed by atoms with Gasteiger partial charge in [-0.3, -0.25) is 4.79 Å². The summed E-state index contributed by atoms with van der Waals surface area (Å²) in [4.78, 5) is 23.4. The van der Waals surface area contributed by atoms with Crippen LogP contribution in [0, 0.1) is 0 Å². The fourth-order valence-corrected chi connectivity index (χ4v) is 3.73. The number of alkyl halides is 2. The van der Waals surface area contributed by atoms with Crippen molar-refractivity contribution in [1.29, 1.82) is 0 Å². The Hall–Kier alpha value is -3.20. The molecular weight excluding hydrogens is 462 g/mol. The first-order chi connectivity index (χ1) is 16.0. The number of benzene rings is 1. The third kappa shape index (κ3) is 4.70. The minimum Gasteiger partial charge on any atom is -0.497 e. The fourth-order valence-electron chi connectivity index (χ4n) is 3.73. The van der Waals surface area contributed by atoms with Crippen LogP contribution in [0.1, 0.15) is 13.0 Å². The zero-order valence-corrected chi connectivity index (χ0v) is 18.1. The van der Waals surface area contributed by atoms with Crippen LogP contribution in [0.4, 0.5) is 8.78 Å². The quantitative estimate of drug-likeness (QED) is 0.318. The van der Waals surface area contributed by atoms with E-state index in [9.17, 15) is 30.0 Å². The van der Waals surface area contributed by atoms with Crippen LogP contribution in [0.3, 0.4) is 0 Å². The zero-order valence-electron chi connectivity index (χ0n) is 18.1. The third-order valence-electron chi connectivity index (χ3n) is 5.47. The average Bonchev–Trinajstić information content (AvgIpc) is 3.29. The average molecular weight is 486 g/mol. The Morgan fingerprint density at radius 3 is 2.50 bits per heavy atom. The molecule has 186 valence electrons. The summed E-state index contributed by atoms with van der Waals surface area (Å²) in [6.07, 6.45) is -7.73. The maximum Gasteiger partial charge on any atom is 0.372 e. The van der Waals surface area contributed by atoms with Gasteiger partial charge in [-0.15, -0.1) is 5.10 Å². The summed E-state index contributed by atoms with van der Waals surface area (Å²) in [5.74, 6) is -6.51. The highest BCUT2D eigenvalue weighted by molar-refractivity contribution is 5.77. The second kappa shape index (κ2) is 9.97. The number of rotatable bonds is 8. The van der Waals surface area contributed by atoms with Gasteiger partial charge < -0.3 is 35.2 Å². The summed E-state index contributed by atoms with van der Waals surface area (Å²) in [6, 6.07) is 3.01. The first-order valence-electron chi connectivity index (χ1n) is 10.1. The SMILES string of the molecule is COc1ccc(-c2cn([C@H]3C(F)C(F)(C(=O)O)O[C@@H]([C@H](O)[C@H](O)CO)[C@@H]3NC(C)=O)nn2)cc1. The maximum atomic E-state index is 15.4. The Morgan fingerprint density at radius 1 is 1.32 bits per heavy atom. The normalized spacial score (nSPS) is 28.7. The van der Waals surface area contributed by atoms with E-state index in [0.29, 0.717) is 11.3 Å². The molecule has 7 atom stereocenters. The van der Waals surface area contributed by atoms with E-state index in [1.54, 1.807) is 24.3 Å². The molecule has 1 aromatic heterocycles. The minimum atomic E-state index is -3.98. The van der Waals surface area contributed by atoms with Crippen molar-refractivity contribution in [2.24, 2.45) is 0 Å². The van der Waals surface area contributed by atoms with Crippen LogP contribution in [-0.4, -0.2) is 97.4 Å².